The van der Waals surface area contributed by atoms with Crippen LogP contribution in [0.2, 0.25) is 10.0 Å². The van der Waals surface area contributed by atoms with Crippen LogP contribution in [-0.4, -0.2) is 19.9 Å². The molecule has 6 heteroatoms. The Bertz CT molecular complexity index is 1170. The van der Waals surface area contributed by atoms with Gasteiger partial charge < -0.3 is 9.97 Å². The van der Waals surface area contributed by atoms with Gasteiger partial charge in [-0.2, -0.15) is 0 Å². The van der Waals surface area contributed by atoms with E-state index in [1.165, 1.54) is 0 Å². The third-order valence-electron chi connectivity index (χ3n) is 4.47. The summed E-state index contributed by atoms with van der Waals surface area (Å²) in [5.41, 5.74) is 5.52. The van der Waals surface area contributed by atoms with Crippen LogP contribution < -0.4 is 0 Å². The molecule has 0 amide bonds. The van der Waals surface area contributed by atoms with Gasteiger partial charge in [0.2, 0.25) is 0 Å². The molecule has 3 aromatic heterocycles. The third-order valence-corrected chi connectivity index (χ3v) is 4.94. The lowest BCUT2D eigenvalue weighted by atomic mass is 10.1. The number of aromatic nitrogens is 4. The van der Waals surface area contributed by atoms with E-state index in [1.54, 1.807) is 12.4 Å². The first-order valence-corrected chi connectivity index (χ1v) is 8.81. The number of nitrogens with zero attached hydrogens (tertiary/aromatic N) is 2. The SMILES string of the molecule is Clc1ccc2[nH]cc(-c3cncc(-c4c[nH]c5ccc(Cl)cc45)n3)c2c1. The van der Waals surface area contributed by atoms with E-state index >= 15 is 0 Å². The maximum Gasteiger partial charge on any atom is 0.0914 e. The Morgan fingerprint density at radius 2 is 1.19 bits per heavy atom. The normalized spacial score (nSPS) is 11.5. The molecule has 0 aliphatic rings. The number of rotatable bonds is 2. The lowest BCUT2D eigenvalue weighted by molar-refractivity contribution is 1.21. The van der Waals surface area contributed by atoms with E-state index in [0.717, 1.165) is 44.3 Å². The van der Waals surface area contributed by atoms with Crippen molar-refractivity contribution in [3.8, 4) is 22.5 Å². The molecule has 0 atom stereocenters. The van der Waals surface area contributed by atoms with E-state index in [4.69, 9.17) is 28.2 Å². The summed E-state index contributed by atoms with van der Waals surface area (Å²) in [5.74, 6) is 0. The minimum atomic E-state index is 0.689. The smallest absolute Gasteiger partial charge is 0.0914 e. The van der Waals surface area contributed by atoms with Gasteiger partial charge in [0.25, 0.3) is 0 Å². The Morgan fingerprint density at radius 3 is 1.69 bits per heavy atom. The van der Waals surface area contributed by atoms with Gasteiger partial charge in [-0.1, -0.05) is 23.2 Å². The van der Waals surface area contributed by atoms with Crippen molar-refractivity contribution in [2.45, 2.75) is 0 Å². The topological polar surface area (TPSA) is 57.4 Å². The molecule has 126 valence electrons. The lowest BCUT2D eigenvalue weighted by Gasteiger charge is -2.03. The zero-order valence-corrected chi connectivity index (χ0v) is 14.9. The van der Waals surface area contributed by atoms with E-state index in [-0.39, 0.29) is 0 Å². The van der Waals surface area contributed by atoms with Gasteiger partial charge in [-0.25, -0.2) is 4.98 Å². The van der Waals surface area contributed by atoms with Crippen LogP contribution in [0.5, 0.6) is 0 Å². The van der Waals surface area contributed by atoms with Crippen LogP contribution in [0.3, 0.4) is 0 Å². The van der Waals surface area contributed by atoms with Gasteiger partial charge in [0.05, 0.1) is 23.8 Å². The van der Waals surface area contributed by atoms with Crippen LogP contribution in [0, 0.1) is 0 Å². The molecule has 2 aromatic carbocycles. The van der Waals surface area contributed by atoms with Crippen LogP contribution in [0.1, 0.15) is 0 Å². The molecule has 0 saturated carbocycles. The van der Waals surface area contributed by atoms with Crippen LogP contribution in [0.4, 0.5) is 0 Å². The van der Waals surface area contributed by atoms with Crippen molar-refractivity contribution in [2.75, 3.05) is 0 Å². The molecular weight excluding hydrogens is 367 g/mol. The molecule has 0 fully saturated rings. The van der Waals surface area contributed by atoms with Crippen LogP contribution in [0.25, 0.3) is 44.3 Å². The van der Waals surface area contributed by atoms with Crippen LogP contribution in [0.15, 0.2) is 61.2 Å². The first-order valence-electron chi connectivity index (χ1n) is 8.05. The molecule has 4 nitrogen and oxygen atoms in total. The highest BCUT2D eigenvalue weighted by Gasteiger charge is 2.12. The summed E-state index contributed by atoms with van der Waals surface area (Å²) in [4.78, 5) is 15.7. The molecule has 2 N–H and O–H groups in total. The van der Waals surface area contributed by atoms with Gasteiger partial charge in [-0.3, -0.25) is 4.98 Å². The zero-order valence-electron chi connectivity index (χ0n) is 13.4. The van der Waals surface area contributed by atoms with Gasteiger partial charge >= 0.3 is 0 Å². The van der Waals surface area contributed by atoms with Gasteiger partial charge in [0.1, 0.15) is 0 Å². The minimum Gasteiger partial charge on any atom is -0.360 e. The molecule has 0 aliphatic carbocycles. The average Bonchev–Trinajstić information content (AvgIpc) is 3.25. The fourth-order valence-corrected chi connectivity index (χ4v) is 3.58. The Balaban J connectivity index is 1.69. The number of aromatic amines is 2. The molecule has 0 bridgehead atoms. The number of nitrogens with one attached hydrogen (secondary N) is 2. The summed E-state index contributed by atoms with van der Waals surface area (Å²) in [5, 5.41) is 3.42. The van der Waals surface area contributed by atoms with E-state index in [0.29, 0.717) is 10.0 Å². The van der Waals surface area contributed by atoms with Crippen molar-refractivity contribution < 1.29 is 0 Å². The number of hydrogen-bond acceptors (Lipinski definition) is 2. The Morgan fingerprint density at radius 1 is 0.692 bits per heavy atom. The standard InChI is InChI=1S/C20H12Cl2N4/c21-11-1-3-17-13(5-11)15(7-24-17)19-9-23-10-20(26-19)16-8-25-18-4-2-12(22)6-14(16)18/h1-10,24-25H. The second-order valence-corrected chi connectivity index (χ2v) is 6.95. The van der Waals surface area contributed by atoms with Crippen molar-refractivity contribution in [1.82, 2.24) is 19.9 Å². The first-order chi connectivity index (χ1) is 12.7. The van der Waals surface area contributed by atoms with Gasteiger partial charge in [-0.05, 0) is 36.4 Å². The highest BCUT2D eigenvalue weighted by molar-refractivity contribution is 6.31. The molecule has 5 aromatic rings. The maximum absolute atomic E-state index is 6.16. The van der Waals surface area contributed by atoms with E-state index in [1.807, 2.05) is 48.8 Å². The number of benzene rings is 2. The largest absolute Gasteiger partial charge is 0.360 e. The molecular formula is C20H12Cl2N4. The Hall–Kier alpha value is -2.82. The van der Waals surface area contributed by atoms with Crippen molar-refractivity contribution in [3.05, 3.63) is 71.2 Å². The summed E-state index contributed by atoms with van der Waals surface area (Å²) in [6.07, 6.45) is 7.38. The highest BCUT2D eigenvalue weighted by atomic mass is 35.5. The van der Waals surface area contributed by atoms with Crippen LogP contribution >= 0.6 is 23.2 Å². The first kappa shape index (κ1) is 15.4. The van der Waals surface area contributed by atoms with E-state index in [9.17, 15) is 0 Å². The van der Waals surface area contributed by atoms with E-state index in [2.05, 4.69) is 15.0 Å². The molecule has 0 aliphatic heterocycles. The minimum absolute atomic E-state index is 0.689. The number of fused-ring (bicyclic) bond motifs is 2. The fourth-order valence-electron chi connectivity index (χ4n) is 3.24. The molecule has 3 heterocycles. The predicted molar refractivity (Wildman–Crippen MR) is 107 cm³/mol. The number of H-pyrrole nitrogens is 2. The Kier molecular flexibility index (Phi) is 3.48. The van der Waals surface area contributed by atoms with E-state index < -0.39 is 0 Å². The number of halogens is 2. The summed E-state index contributed by atoms with van der Waals surface area (Å²) >= 11 is 12.3. The summed E-state index contributed by atoms with van der Waals surface area (Å²) in [7, 11) is 0. The molecule has 0 unspecified atom stereocenters. The molecule has 26 heavy (non-hydrogen) atoms. The second kappa shape index (κ2) is 5.87. The quantitative estimate of drug-likeness (QED) is 0.391. The molecule has 5 rings (SSSR count). The van der Waals surface area contributed by atoms with Gasteiger partial charge in [0, 0.05) is 55.4 Å². The molecule has 0 spiro atoms. The van der Waals surface area contributed by atoms with Crippen molar-refractivity contribution >= 4 is 45.0 Å². The van der Waals surface area contributed by atoms with Crippen molar-refractivity contribution in [2.24, 2.45) is 0 Å². The maximum atomic E-state index is 6.16. The Labute approximate surface area is 158 Å². The summed E-state index contributed by atoms with van der Waals surface area (Å²) in [6, 6.07) is 11.5. The highest BCUT2D eigenvalue weighted by Crippen LogP contribution is 2.33. The summed E-state index contributed by atoms with van der Waals surface area (Å²) < 4.78 is 0. The average molecular weight is 379 g/mol. The monoisotopic (exact) mass is 378 g/mol. The zero-order chi connectivity index (χ0) is 17.7. The van der Waals surface area contributed by atoms with Crippen molar-refractivity contribution in [1.29, 1.82) is 0 Å². The summed E-state index contributed by atoms with van der Waals surface area (Å²) in [6.45, 7) is 0. The molecule has 0 saturated heterocycles. The third kappa shape index (κ3) is 2.46. The second-order valence-electron chi connectivity index (χ2n) is 6.07. The lowest BCUT2D eigenvalue weighted by Crippen LogP contribution is -1.89. The fraction of sp³-hybridized carbons (Fsp3) is 0. The van der Waals surface area contributed by atoms with Crippen molar-refractivity contribution in [3.63, 3.8) is 0 Å². The predicted octanol–water partition coefficient (Wildman–Crippen LogP) is 6.08. The molecule has 0 radical (unpaired) electrons. The number of hydrogen-bond donors (Lipinski definition) is 2. The van der Waals surface area contributed by atoms with Gasteiger partial charge in [0.15, 0.2) is 0 Å². The van der Waals surface area contributed by atoms with Gasteiger partial charge in [-0.15, -0.1) is 0 Å². The van der Waals surface area contributed by atoms with Crippen LogP contribution in [-0.2, 0) is 0 Å².